The molecule has 1 saturated heterocycles. The minimum Gasteiger partial charge on any atom is -0.493 e. The maximum Gasteiger partial charge on any atom is 0.263 e. The first-order valence-corrected chi connectivity index (χ1v) is 9.10. The number of hydrogen-bond acceptors (Lipinski definition) is 9. The molecule has 2 aliphatic rings. The number of hydrogen-bond donors (Lipinski definition) is 5. The first-order chi connectivity index (χ1) is 12.9. The summed E-state index contributed by atoms with van der Waals surface area (Å²) >= 11 is 0. The van der Waals surface area contributed by atoms with Crippen molar-refractivity contribution in [2.45, 2.75) is 50.0 Å². The van der Waals surface area contributed by atoms with E-state index in [1.807, 2.05) is 0 Å². The number of carbonyl (C=O) groups is 1. The number of benzene rings is 1. The van der Waals surface area contributed by atoms with Gasteiger partial charge in [0.1, 0.15) is 6.04 Å². The van der Waals surface area contributed by atoms with Crippen molar-refractivity contribution < 1.29 is 39.8 Å². The fourth-order valence-electron chi connectivity index (χ4n) is 4.35. The maximum atomic E-state index is 12.9. The van der Waals surface area contributed by atoms with Crippen LogP contribution in [0.25, 0.3) is 0 Å². The van der Waals surface area contributed by atoms with E-state index in [4.69, 9.17) is 9.47 Å². The molecule has 0 amide bonds. The lowest BCUT2D eigenvalue weighted by Crippen LogP contribution is -2.80. The van der Waals surface area contributed by atoms with Gasteiger partial charge in [-0.1, -0.05) is 13.8 Å². The fourth-order valence-corrected chi connectivity index (χ4v) is 4.35. The Bertz CT molecular complexity index is 790. The monoisotopic (exact) mass is 397 g/mol. The van der Waals surface area contributed by atoms with Crippen LogP contribution in [0.5, 0.6) is 11.5 Å². The molecule has 9 nitrogen and oxygen atoms in total. The van der Waals surface area contributed by atoms with Crippen LogP contribution in [-0.2, 0) is 11.2 Å². The normalized spacial score (nSPS) is 28.6. The molecule has 2 heterocycles. The van der Waals surface area contributed by atoms with Gasteiger partial charge in [-0.2, -0.15) is 0 Å². The molecule has 1 fully saturated rings. The molecule has 0 saturated carbocycles. The summed E-state index contributed by atoms with van der Waals surface area (Å²) in [6.07, 6.45) is -0.0548. The van der Waals surface area contributed by atoms with Gasteiger partial charge in [0.2, 0.25) is 11.6 Å². The van der Waals surface area contributed by atoms with E-state index in [1.165, 1.54) is 20.3 Å². The SMILES string of the molecule is COc1cc2c(cc1OC)C1N(CC2)C(O)(O)C(O)(CC(C)C)C(=O)C1(O)O. The predicted octanol–water partition coefficient (Wildman–Crippen LogP) is -0.718. The van der Waals surface area contributed by atoms with E-state index >= 15 is 0 Å². The number of ether oxygens (including phenoxy) is 2. The zero-order valence-electron chi connectivity index (χ0n) is 16.3. The fraction of sp³-hybridized carbons (Fsp3) is 0.632. The second-order valence-corrected chi connectivity index (χ2v) is 7.90. The van der Waals surface area contributed by atoms with Crippen molar-refractivity contribution in [2.24, 2.45) is 5.92 Å². The second kappa shape index (κ2) is 6.65. The van der Waals surface area contributed by atoms with Gasteiger partial charge >= 0.3 is 0 Å². The van der Waals surface area contributed by atoms with Crippen molar-refractivity contribution in [3.05, 3.63) is 23.3 Å². The molecular weight excluding hydrogens is 370 g/mol. The van der Waals surface area contributed by atoms with Crippen molar-refractivity contribution in [1.29, 1.82) is 0 Å². The summed E-state index contributed by atoms with van der Waals surface area (Å²) in [6, 6.07) is 1.62. The van der Waals surface area contributed by atoms with Crippen LogP contribution in [0, 0.1) is 5.92 Å². The van der Waals surface area contributed by atoms with E-state index < -0.39 is 29.1 Å². The minimum atomic E-state index is -3.05. The molecule has 0 aromatic heterocycles. The Hall–Kier alpha value is -1.75. The molecule has 0 bridgehead atoms. The van der Waals surface area contributed by atoms with Gasteiger partial charge in [0, 0.05) is 6.54 Å². The molecule has 5 N–H and O–H groups in total. The minimum absolute atomic E-state index is 0.0310. The number of fused-ring (bicyclic) bond motifs is 3. The Morgan fingerprint density at radius 3 is 2.21 bits per heavy atom. The quantitative estimate of drug-likeness (QED) is 0.417. The number of Topliss-reactive ketones (excluding diaryl/α,β-unsaturated/α-hetero) is 1. The lowest BCUT2D eigenvalue weighted by molar-refractivity contribution is -0.394. The van der Waals surface area contributed by atoms with Crippen LogP contribution in [0.2, 0.25) is 0 Å². The summed E-state index contributed by atoms with van der Waals surface area (Å²) in [5, 5.41) is 54.1. The molecule has 0 aliphatic carbocycles. The Balaban J connectivity index is 2.20. The van der Waals surface area contributed by atoms with E-state index in [1.54, 1.807) is 19.9 Å². The third-order valence-electron chi connectivity index (χ3n) is 5.62. The second-order valence-electron chi connectivity index (χ2n) is 7.90. The van der Waals surface area contributed by atoms with Crippen molar-refractivity contribution in [1.82, 2.24) is 4.90 Å². The van der Waals surface area contributed by atoms with Gasteiger partial charge in [0.15, 0.2) is 17.1 Å². The third kappa shape index (κ3) is 2.73. The zero-order chi connectivity index (χ0) is 21.1. The summed E-state index contributed by atoms with van der Waals surface area (Å²) in [5.41, 5.74) is -1.85. The van der Waals surface area contributed by atoms with E-state index in [0.29, 0.717) is 17.7 Å². The van der Waals surface area contributed by atoms with Crippen molar-refractivity contribution in [3.8, 4) is 11.5 Å². The number of nitrogens with zero attached hydrogens (tertiary/aromatic N) is 1. The summed E-state index contributed by atoms with van der Waals surface area (Å²) in [6.45, 7) is 3.32. The van der Waals surface area contributed by atoms with Crippen LogP contribution in [0.3, 0.4) is 0 Å². The van der Waals surface area contributed by atoms with Gasteiger partial charge in [-0.15, -0.1) is 0 Å². The standard InChI is InChI=1S/C19H27NO8/c1-10(2)9-17(22)16(21)18(23,24)15-12-8-14(28-4)13(27-3)7-11(12)5-6-20(15)19(17,25)26/h7-8,10,15,22-26H,5-6,9H2,1-4H3. The molecule has 3 rings (SSSR count). The van der Waals surface area contributed by atoms with E-state index in [0.717, 1.165) is 4.90 Å². The number of piperidine rings is 1. The Labute approximate surface area is 162 Å². The summed E-state index contributed by atoms with van der Waals surface area (Å²) in [4.78, 5) is 13.9. The molecule has 1 aromatic rings. The van der Waals surface area contributed by atoms with Crippen LogP contribution < -0.4 is 9.47 Å². The molecule has 2 aliphatic heterocycles. The van der Waals surface area contributed by atoms with Crippen molar-refractivity contribution in [2.75, 3.05) is 20.8 Å². The topological polar surface area (TPSA) is 140 Å². The van der Waals surface area contributed by atoms with Gasteiger partial charge in [-0.25, -0.2) is 4.90 Å². The number of ketones is 1. The molecular formula is C19H27NO8. The van der Waals surface area contributed by atoms with Crippen LogP contribution >= 0.6 is 0 Å². The maximum absolute atomic E-state index is 12.9. The summed E-state index contributed by atoms with van der Waals surface area (Å²) in [5.74, 6) is -7.10. The number of aliphatic hydroxyl groups is 5. The third-order valence-corrected chi connectivity index (χ3v) is 5.62. The number of carbonyl (C=O) groups excluding carboxylic acids is 1. The highest BCUT2D eigenvalue weighted by molar-refractivity contribution is 5.96. The lowest BCUT2D eigenvalue weighted by Gasteiger charge is -2.57. The van der Waals surface area contributed by atoms with Crippen LogP contribution in [-0.4, -0.2) is 74.3 Å². The highest BCUT2D eigenvalue weighted by Crippen LogP contribution is 2.51. The first-order valence-electron chi connectivity index (χ1n) is 9.10. The lowest BCUT2D eigenvalue weighted by atomic mass is 9.71. The Morgan fingerprint density at radius 2 is 1.68 bits per heavy atom. The Morgan fingerprint density at radius 1 is 1.11 bits per heavy atom. The van der Waals surface area contributed by atoms with Crippen LogP contribution in [0.4, 0.5) is 0 Å². The summed E-state index contributed by atoms with van der Waals surface area (Å²) < 4.78 is 10.5. The van der Waals surface area contributed by atoms with E-state index in [9.17, 15) is 30.3 Å². The van der Waals surface area contributed by atoms with Crippen molar-refractivity contribution in [3.63, 3.8) is 0 Å². The first kappa shape index (κ1) is 21.0. The molecule has 2 atom stereocenters. The largest absolute Gasteiger partial charge is 0.493 e. The summed E-state index contributed by atoms with van der Waals surface area (Å²) in [7, 11) is 2.87. The predicted molar refractivity (Wildman–Crippen MR) is 96.4 cm³/mol. The van der Waals surface area contributed by atoms with Gasteiger partial charge in [0.05, 0.1) is 14.2 Å². The average molecular weight is 397 g/mol. The van der Waals surface area contributed by atoms with Crippen molar-refractivity contribution >= 4 is 5.78 Å². The Kier molecular flexibility index (Phi) is 4.98. The molecule has 156 valence electrons. The molecule has 0 radical (unpaired) electrons. The van der Waals surface area contributed by atoms with Gasteiger partial charge in [0.25, 0.3) is 5.91 Å². The van der Waals surface area contributed by atoms with E-state index in [2.05, 4.69) is 0 Å². The number of methoxy groups -OCH3 is 2. The zero-order valence-corrected chi connectivity index (χ0v) is 16.3. The van der Waals surface area contributed by atoms with Crippen LogP contribution in [0.15, 0.2) is 12.1 Å². The smallest absolute Gasteiger partial charge is 0.263 e. The van der Waals surface area contributed by atoms with Gasteiger partial charge < -0.3 is 35.0 Å². The highest BCUT2D eigenvalue weighted by atomic mass is 16.6. The molecule has 28 heavy (non-hydrogen) atoms. The van der Waals surface area contributed by atoms with E-state index in [-0.39, 0.29) is 30.2 Å². The average Bonchev–Trinajstić information content (AvgIpc) is 2.63. The van der Waals surface area contributed by atoms with Gasteiger partial charge in [-0.3, -0.25) is 4.79 Å². The number of rotatable bonds is 4. The molecule has 2 unspecified atom stereocenters. The molecule has 0 spiro atoms. The van der Waals surface area contributed by atoms with Crippen LogP contribution in [0.1, 0.15) is 37.4 Å². The molecule has 1 aromatic carbocycles. The van der Waals surface area contributed by atoms with Gasteiger partial charge in [-0.05, 0) is 42.0 Å². The molecule has 9 heteroatoms. The highest BCUT2D eigenvalue weighted by Gasteiger charge is 2.72.